The number of aromatic amines is 1. The van der Waals surface area contributed by atoms with Gasteiger partial charge in [-0.1, -0.05) is 12.1 Å². The van der Waals surface area contributed by atoms with Crippen LogP contribution < -0.4 is 20.1 Å². The number of fused-ring (bicyclic) bond motifs is 1. The maximum atomic E-state index is 12.3. The highest BCUT2D eigenvalue weighted by molar-refractivity contribution is 6.00. The Labute approximate surface area is 167 Å². The van der Waals surface area contributed by atoms with Crippen LogP contribution in [0.5, 0.6) is 11.5 Å². The van der Waals surface area contributed by atoms with E-state index in [0.29, 0.717) is 22.9 Å². The van der Waals surface area contributed by atoms with Crippen LogP contribution in [0.25, 0.3) is 22.2 Å². The van der Waals surface area contributed by atoms with Crippen molar-refractivity contribution in [1.82, 2.24) is 9.97 Å². The van der Waals surface area contributed by atoms with E-state index in [4.69, 9.17) is 9.47 Å². The van der Waals surface area contributed by atoms with Crippen molar-refractivity contribution in [1.29, 1.82) is 0 Å². The zero-order chi connectivity index (χ0) is 20.2. The molecule has 0 spiro atoms. The smallest absolute Gasteiger partial charge is 0.323 e. The fourth-order valence-corrected chi connectivity index (χ4v) is 3.14. The number of carbonyl (C=O) groups is 1. The molecule has 0 saturated heterocycles. The molecule has 0 atom stereocenters. The van der Waals surface area contributed by atoms with Crippen LogP contribution in [0, 0.1) is 0 Å². The highest BCUT2D eigenvalue weighted by Crippen LogP contribution is 2.30. The van der Waals surface area contributed by atoms with E-state index in [1.54, 1.807) is 38.6 Å². The van der Waals surface area contributed by atoms with Gasteiger partial charge in [0.1, 0.15) is 5.65 Å². The second kappa shape index (κ2) is 7.93. The largest absolute Gasteiger partial charge is 0.493 e. The lowest BCUT2D eigenvalue weighted by Crippen LogP contribution is -2.19. The Balaban J connectivity index is 1.45. The third-order valence-corrected chi connectivity index (χ3v) is 4.55. The number of hydrogen-bond acceptors (Lipinski definition) is 4. The first-order valence-corrected chi connectivity index (χ1v) is 9.00. The molecule has 0 bridgehead atoms. The Morgan fingerprint density at radius 1 is 0.931 bits per heavy atom. The Bertz CT molecular complexity index is 1150. The van der Waals surface area contributed by atoms with Crippen LogP contribution >= 0.6 is 0 Å². The lowest BCUT2D eigenvalue weighted by Gasteiger charge is -2.11. The first-order valence-electron chi connectivity index (χ1n) is 9.00. The van der Waals surface area contributed by atoms with Gasteiger partial charge in [-0.3, -0.25) is 0 Å². The molecule has 29 heavy (non-hydrogen) atoms. The number of ether oxygens (including phenoxy) is 2. The van der Waals surface area contributed by atoms with Crippen molar-refractivity contribution in [2.75, 3.05) is 24.9 Å². The summed E-state index contributed by atoms with van der Waals surface area (Å²) < 4.78 is 10.5. The third kappa shape index (κ3) is 3.84. The van der Waals surface area contributed by atoms with Crippen molar-refractivity contribution < 1.29 is 14.3 Å². The third-order valence-electron chi connectivity index (χ3n) is 4.55. The molecule has 4 rings (SSSR count). The van der Waals surface area contributed by atoms with E-state index in [1.807, 2.05) is 42.6 Å². The average Bonchev–Trinajstić information content (AvgIpc) is 3.18. The van der Waals surface area contributed by atoms with Gasteiger partial charge in [-0.15, -0.1) is 0 Å². The number of nitrogens with zero attached hydrogens (tertiary/aromatic N) is 1. The summed E-state index contributed by atoms with van der Waals surface area (Å²) in [5, 5.41) is 6.66. The van der Waals surface area contributed by atoms with Gasteiger partial charge in [0.05, 0.1) is 14.2 Å². The SMILES string of the molecule is COc1ccc(NC(=O)Nc2ccc(-c3c[nH]c4ncccc34)cc2)cc1OC. The van der Waals surface area contributed by atoms with Gasteiger partial charge in [-0.25, -0.2) is 9.78 Å². The predicted octanol–water partition coefficient (Wildman–Crippen LogP) is 4.89. The fraction of sp³-hybridized carbons (Fsp3) is 0.0909. The number of urea groups is 1. The van der Waals surface area contributed by atoms with E-state index in [1.165, 1.54) is 0 Å². The summed E-state index contributed by atoms with van der Waals surface area (Å²) in [4.78, 5) is 19.8. The van der Waals surface area contributed by atoms with Crippen molar-refractivity contribution in [2.45, 2.75) is 0 Å². The summed E-state index contributed by atoms with van der Waals surface area (Å²) in [6, 6.07) is 16.4. The summed E-state index contributed by atoms with van der Waals surface area (Å²) in [6.07, 6.45) is 3.69. The number of H-pyrrole nitrogens is 1. The molecule has 3 N–H and O–H groups in total. The number of amides is 2. The van der Waals surface area contributed by atoms with E-state index in [-0.39, 0.29) is 6.03 Å². The predicted molar refractivity (Wildman–Crippen MR) is 114 cm³/mol. The van der Waals surface area contributed by atoms with Crippen molar-refractivity contribution >= 4 is 28.4 Å². The summed E-state index contributed by atoms with van der Waals surface area (Å²) in [6.45, 7) is 0. The molecule has 146 valence electrons. The molecule has 0 radical (unpaired) electrons. The van der Waals surface area contributed by atoms with Crippen molar-refractivity contribution in [3.63, 3.8) is 0 Å². The summed E-state index contributed by atoms with van der Waals surface area (Å²) >= 11 is 0. The van der Waals surface area contributed by atoms with Gasteiger partial charge in [0.25, 0.3) is 0 Å². The molecule has 0 aliphatic heterocycles. The van der Waals surface area contributed by atoms with E-state index in [2.05, 4.69) is 20.6 Å². The highest BCUT2D eigenvalue weighted by Gasteiger charge is 2.09. The molecule has 2 heterocycles. The second-order valence-electron chi connectivity index (χ2n) is 6.33. The number of methoxy groups -OCH3 is 2. The van der Waals surface area contributed by atoms with Crippen LogP contribution in [0.3, 0.4) is 0 Å². The Hall–Kier alpha value is -4.00. The normalized spacial score (nSPS) is 10.6. The molecular weight excluding hydrogens is 368 g/mol. The summed E-state index contributed by atoms with van der Waals surface area (Å²) in [5.74, 6) is 1.14. The standard InChI is InChI=1S/C22H20N4O3/c1-28-19-10-9-16(12-20(19)29-2)26-22(27)25-15-7-5-14(6-8-15)18-13-24-21-17(18)4-3-11-23-21/h3-13H,1-2H3,(H,23,24)(H2,25,26,27). The van der Waals surface area contributed by atoms with Gasteiger partial charge in [-0.2, -0.15) is 0 Å². The molecule has 7 heteroatoms. The molecule has 0 aliphatic rings. The molecule has 2 aromatic heterocycles. The zero-order valence-corrected chi connectivity index (χ0v) is 16.0. The van der Waals surface area contributed by atoms with Crippen LogP contribution in [-0.2, 0) is 0 Å². The Morgan fingerprint density at radius 2 is 1.66 bits per heavy atom. The molecule has 7 nitrogen and oxygen atoms in total. The van der Waals surface area contributed by atoms with Crippen LogP contribution in [0.4, 0.5) is 16.2 Å². The number of nitrogens with one attached hydrogen (secondary N) is 3. The highest BCUT2D eigenvalue weighted by atomic mass is 16.5. The van der Waals surface area contributed by atoms with E-state index in [0.717, 1.165) is 22.2 Å². The number of carbonyl (C=O) groups excluding carboxylic acids is 1. The molecule has 0 unspecified atom stereocenters. The van der Waals surface area contributed by atoms with Gasteiger partial charge in [-0.05, 0) is 42.0 Å². The Morgan fingerprint density at radius 3 is 2.41 bits per heavy atom. The molecule has 2 aromatic carbocycles. The molecule has 0 saturated carbocycles. The molecule has 2 amide bonds. The fourth-order valence-electron chi connectivity index (χ4n) is 3.14. The first-order chi connectivity index (χ1) is 14.2. The minimum atomic E-state index is -0.346. The molecular formula is C22H20N4O3. The van der Waals surface area contributed by atoms with Crippen molar-refractivity contribution in [3.05, 3.63) is 67.0 Å². The van der Waals surface area contributed by atoms with Crippen LogP contribution in [0.15, 0.2) is 67.0 Å². The molecule has 0 aliphatic carbocycles. The zero-order valence-electron chi connectivity index (χ0n) is 16.0. The monoisotopic (exact) mass is 388 g/mol. The molecule has 0 fully saturated rings. The van der Waals surface area contributed by atoms with Crippen molar-refractivity contribution in [3.8, 4) is 22.6 Å². The van der Waals surface area contributed by atoms with Crippen LogP contribution in [0.2, 0.25) is 0 Å². The number of anilines is 2. The first kappa shape index (κ1) is 18.4. The quantitative estimate of drug-likeness (QED) is 0.454. The lowest BCUT2D eigenvalue weighted by molar-refractivity contribution is 0.262. The van der Waals surface area contributed by atoms with Crippen molar-refractivity contribution in [2.24, 2.45) is 0 Å². The van der Waals surface area contributed by atoms with Gasteiger partial charge < -0.3 is 25.1 Å². The van der Waals surface area contributed by atoms with Gasteiger partial charge in [0, 0.05) is 40.8 Å². The number of rotatable bonds is 5. The second-order valence-corrected chi connectivity index (χ2v) is 6.33. The van der Waals surface area contributed by atoms with Gasteiger partial charge in [0.15, 0.2) is 11.5 Å². The van der Waals surface area contributed by atoms with Gasteiger partial charge >= 0.3 is 6.03 Å². The maximum Gasteiger partial charge on any atom is 0.323 e. The van der Waals surface area contributed by atoms with Gasteiger partial charge in [0.2, 0.25) is 0 Å². The summed E-state index contributed by atoms with van der Waals surface area (Å²) in [5.41, 5.74) is 4.23. The lowest BCUT2D eigenvalue weighted by atomic mass is 10.1. The number of aromatic nitrogens is 2. The minimum absolute atomic E-state index is 0.346. The minimum Gasteiger partial charge on any atom is -0.493 e. The van der Waals surface area contributed by atoms with E-state index < -0.39 is 0 Å². The van der Waals surface area contributed by atoms with E-state index in [9.17, 15) is 4.79 Å². The Kier molecular flexibility index (Phi) is 5.03. The molecule has 4 aromatic rings. The number of hydrogen-bond donors (Lipinski definition) is 3. The number of pyridine rings is 1. The summed E-state index contributed by atoms with van der Waals surface area (Å²) in [7, 11) is 3.11. The topological polar surface area (TPSA) is 88.3 Å². The van der Waals surface area contributed by atoms with Crippen LogP contribution in [0.1, 0.15) is 0 Å². The average molecular weight is 388 g/mol. The van der Waals surface area contributed by atoms with Crippen LogP contribution in [-0.4, -0.2) is 30.2 Å². The maximum absolute atomic E-state index is 12.3. The van der Waals surface area contributed by atoms with E-state index >= 15 is 0 Å². The number of benzene rings is 2.